The predicted molar refractivity (Wildman–Crippen MR) is 103 cm³/mol. The Balaban J connectivity index is 1.73. The van der Waals surface area contributed by atoms with Crippen molar-refractivity contribution in [3.05, 3.63) is 58.8 Å². The summed E-state index contributed by atoms with van der Waals surface area (Å²) in [4.78, 5) is 12.1. The Morgan fingerprint density at radius 1 is 1.15 bits per heavy atom. The van der Waals surface area contributed by atoms with Crippen LogP contribution < -0.4 is 10.1 Å². The van der Waals surface area contributed by atoms with E-state index in [1.54, 1.807) is 12.1 Å². The zero-order valence-electron chi connectivity index (χ0n) is 14.7. The van der Waals surface area contributed by atoms with Gasteiger partial charge in [0.2, 0.25) is 15.9 Å². The fourth-order valence-electron chi connectivity index (χ4n) is 2.15. The molecule has 0 aromatic heterocycles. The lowest BCUT2D eigenvalue weighted by Gasteiger charge is -2.17. The molecule has 0 aliphatic carbocycles. The van der Waals surface area contributed by atoms with Crippen molar-refractivity contribution in [2.24, 2.45) is 0 Å². The molecule has 0 bridgehead atoms. The number of carbonyl (C=O) groups is 1. The summed E-state index contributed by atoms with van der Waals surface area (Å²) < 4.78 is 44.8. The fourth-order valence-corrected chi connectivity index (χ4v) is 3.54. The minimum Gasteiger partial charge on any atom is -0.494 e. The summed E-state index contributed by atoms with van der Waals surface area (Å²) in [5, 5.41) is 2.65. The van der Waals surface area contributed by atoms with Crippen molar-refractivity contribution in [1.29, 1.82) is 0 Å². The van der Waals surface area contributed by atoms with Gasteiger partial charge in [-0.2, -0.15) is 4.31 Å². The molecule has 1 amide bonds. The molecule has 146 valence electrons. The number of benzene rings is 2. The maximum absolute atomic E-state index is 12.8. The first-order valence-corrected chi connectivity index (χ1v) is 10.4. The second-order valence-corrected chi connectivity index (χ2v) is 8.68. The highest BCUT2D eigenvalue weighted by atomic mass is 79.9. The Morgan fingerprint density at radius 2 is 1.78 bits per heavy atom. The quantitative estimate of drug-likeness (QED) is 0.586. The van der Waals surface area contributed by atoms with E-state index in [4.69, 9.17) is 4.74 Å². The number of hydrogen-bond acceptors (Lipinski definition) is 4. The van der Waals surface area contributed by atoms with Gasteiger partial charge in [0.15, 0.2) is 0 Å². The molecule has 9 heteroatoms. The SMILES string of the molecule is CN(CC(=O)NCCCOc1ccc(F)cc1)S(=O)(=O)c1ccc(Br)cc1. The van der Waals surface area contributed by atoms with E-state index in [0.29, 0.717) is 25.3 Å². The van der Waals surface area contributed by atoms with Crippen LogP contribution in [0, 0.1) is 5.82 Å². The third-order valence-electron chi connectivity index (χ3n) is 3.61. The molecular weight excluding hydrogens is 439 g/mol. The summed E-state index contributed by atoms with van der Waals surface area (Å²) in [5.74, 6) is -0.195. The van der Waals surface area contributed by atoms with E-state index in [2.05, 4.69) is 21.2 Å². The Kier molecular flexibility index (Phi) is 7.76. The van der Waals surface area contributed by atoms with E-state index < -0.39 is 15.9 Å². The smallest absolute Gasteiger partial charge is 0.243 e. The van der Waals surface area contributed by atoms with Crippen LogP contribution in [0.4, 0.5) is 4.39 Å². The van der Waals surface area contributed by atoms with Gasteiger partial charge in [0.05, 0.1) is 18.0 Å². The average molecular weight is 459 g/mol. The lowest BCUT2D eigenvalue weighted by molar-refractivity contribution is -0.121. The Labute approximate surface area is 166 Å². The molecule has 0 unspecified atom stereocenters. The van der Waals surface area contributed by atoms with Gasteiger partial charge >= 0.3 is 0 Å². The zero-order chi connectivity index (χ0) is 19.9. The second kappa shape index (κ2) is 9.82. The molecule has 27 heavy (non-hydrogen) atoms. The van der Waals surface area contributed by atoms with Crippen molar-refractivity contribution in [3.63, 3.8) is 0 Å². The highest BCUT2D eigenvalue weighted by Crippen LogP contribution is 2.17. The summed E-state index contributed by atoms with van der Waals surface area (Å²) in [6.07, 6.45) is 0.534. The predicted octanol–water partition coefficient (Wildman–Crippen LogP) is 2.79. The average Bonchev–Trinajstić information content (AvgIpc) is 2.63. The monoisotopic (exact) mass is 458 g/mol. The van der Waals surface area contributed by atoms with Crippen LogP contribution in [0.25, 0.3) is 0 Å². The van der Waals surface area contributed by atoms with Gasteiger partial charge in [-0.05, 0) is 55.0 Å². The Morgan fingerprint density at radius 3 is 2.41 bits per heavy atom. The molecule has 0 fully saturated rings. The number of likely N-dealkylation sites (N-methyl/N-ethyl adjacent to an activating group) is 1. The molecule has 0 radical (unpaired) electrons. The number of carbonyl (C=O) groups excluding carboxylic acids is 1. The molecule has 0 saturated carbocycles. The molecular formula is C18H20BrFN2O4S. The second-order valence-electron chi connectivity index (χ2n) is 5.72. The van der Waals surface area contributed by atoms with Gasteiger partial charge in [-0.3, -0.25) is 4.79 Å². The highest BCUT2D eigenvalue weighted by Gasteiger charge is 2.22. The van der Waals surface area contributed by atoms with E-state index in [0.717, 1.165) is 8.78 Å². The van der Waals surface area contributed by atoms with Gasteiger partial charge in [0.1, 0.15) is 11.6 Å². The molecule has 0 spiro atoms. The third kappa shape index (κ3) is 6.60. The maximum atomic E-state index is 12.8. The van der Waals surface area contributed by atoms with Gasteiger partial charge < -0.3 is 10.1 Å². The van der Waals surface area contributed by atoms with Crippen molar-refractivity contribution in [1.82, 2.24) is 9.62 Å². The number of hydrogen-bond donors (Lipinski definition) is 1. The molecule has 1 N–H and O–H groups in total. The van der Waals surface area contributed by atoms with E-state index in [9.17, 15) is 17.6 Å². The number of rotatable bonds is 9. The molecule has 0 heterocycles. The summed E-state index contributed by atoms with van der Waals surface area (Å²) in [6.45, 7) is 0.405. The van der Waals surface area contributed by atoms with Crippen LogP contribution >= 0.6 is 15.9 Å². The Hall–Kier alpha value is -1.97. The van der Waals surface area contributed by atoms with Crippen LogP contribution in [0.1, 0.15) is 6.42 Å². The Bertz CT molecular complexity index is 858. The van der Waals surface area contributed by atoms with Crippen molar-refractivity contribution in [3.8, 4) is 5.75 Å². The van der Waals surface area contributed by atoms with Crippen molar-refractivity contribution >= 4 is 31.9 Å². The summed E-state index contributed by atoms with van der Waals surface area (Å²) in [6, 6.07) is 11.9. The normalized spacial score (nSPS) is 11.4. The summed E-state index contributed by atoms with van der Waals surface area (Å²) >= 11 is 3.25. The van der Waals surface area contributed by atoms with Gasteiger partial charge in [-0.25, -0.2) is 12.8 Å². The number of nitrogens with one attached hydrogen (secondary N) is 1. The van der Waals surface area contributed by atoms with Crippen LogP contribution in [0.5, 0.6) is 5.75 Å². The van der Waals surface area contributed by atoms with Gasteiger partial charge in [-0.15, -0.1) is 0 Å². The van der Waals surface area contributed by atoms with Crippen LogP contribution in [0.3, 0.4) is 0 Å². The van der Waals surface area contributed by atoms with Gasteiger partial charge in [0.25, 0.3) is 0 Å². The number of sulfonamides is 1. The minimum atomic E-state index is -3.73. The third-order valence-corrected chi connectivity index (χ3v) is 5.96. The summed E-state index contributed by atoms with van der Waals surface area (Å²) in [5.41, 5.74) is 0. The van der Waals surface area contributed by atoms with Gasteiger partial charge in [-0.1, -0.05) is 15.9 Å². The molecule has 0 saturated heterocycles. The molecule has 2 aromatic carbocycles. The topological polar surface area (TPSA) is 75.7 Å². The van der Waals surface area contributed by atoms with Crippen molar-refractivity contribution in [2.75, 3.05) is 26.7 Å². The number of ether oxygens (including phenoxy) is 1. The van der Waals surface area contributed by atoms with Crippen molar-refractivity contribution in [2.45, 2.75) is 11.3 Å². The van der Waals surface area contributed by atoms with Gasteiger partial charge in [0, 0.05) is 18.1 Å². The zero-order valence-corrected chi connectivity index (χ0v) is 17.1. The largest absolute Gasteiger partial charge is 0.494 e. The molecule has 0 aliphatic rings. The molecule has 2 rings (SSSR count). The molecule has 0 atom stereocenters. The minimum absolute atomic E-state index is 0.119. The number of nitrogens with zero attached hydrogens (tertiary/aromatic N) is 1. The lowest BCUT2D eigenvalue weighted by atomic mass is 10.3. The van der Waals surface area contributed by atoms with E-state index in [1.165, 1.54) is 43.4 Å². The highest BCUT2D eigenvalue weighted by molar-refractivity contribution is 9.10. The first-order valence-electron chi connectivity index (χ1n) is 8.16. The lowest BCUT2D eigenvalue weighted by Crippen LogP contribution is -2.38. The summed E-state index contributed by atoms with van der Waals surface area (Å²) in [7, 11) is -2.37. The van der Waals surface area contributed by atoms with Crippen molar-refractivity contribution < 1.29 is 22.3 Å². The van der Waals surface area contributed by atoms with E-state index in [-0.39, 0.29) is 17.3 Å². The number of halogens is 2. The molecule has 0 aliphatic heterocycles. The van der Waals surface area contributed by atoms with E-state index in [1.807, 2.05) is 0 Å². The molecule has 6 nitrogen and oxygen atoms in total. The first-order chi connectivity index (χ1) is 12.8. The number of amides is 1. The van der Waals surface area contributed by atoms with E-state index >= 15 is 0 Å². The van der Waals surface area contributed by atoms with Crippen LogP contribution in [0.15, 0.2) is 57.9 Å². The first kappa shape index (κ1) is 21.3. The molecule has 2 aromatic rings. The van der Waals surface area contributed by atoms with Crippen LogP contribution in [-0.2, 0) is 14.8 Å². The van der Waals surface area contributed by atoms with Crippen LogP contribution in [-0.4, -0.2) is 45.4 Å². The standard InChI is InChI=1S/C18H20BrFN2O4S/c1-22(27(24,25)17-9-3-14(19)4-10-17)13-18(23)21-11-2-12-26-16-7-5-15(20)6-8-16/h3-10H,2,11-13H2,1H3,(H,21,23). The fraction of sp³-hybridized carbons (Fsp3) is 0.278. The van der Waals surface area contributed by atoms with Crippen LogP contribution in [0.2, 0.25) is 0 Å². The maximum Gasteiger partial charge on any atom is 0.243 e.